The molecule has 0 aromatic heterocycles. The lowest BCUT2D eigenvalue weighted by molar-refractivity contribution is 0.157. The summed E-state index contributed by atoms with van der Waals surface area (Å²) in [7, 11) is 0. The molecule has 0 N–H and O–H groups in total. The van der Waals surface area contributed by atoms with Gasteiger partial charge in [0.05, 0.1) is 0 Å². The van der Waals surface area contributed by atoms with Crippen molar-refractivity contribution < 1.29 is 0 Å². The van der Waals surface area contributed by atoms with Crippen molar-refractivity contribution in [3.05, 3.63) is 48.3 Å². The SMILES string of the molecule is CCCCCCCN1C=CN(CC)C1c1ccccc1. The fraction of sp³-hybridized carbons (Fsp3) is 0.556. The molecular weight excluding hydrogens is 244 g/mol. The van der Waals surface area contributed by atoms with Crippen LogP contribution < -0.4 is 0 Å². The molecule has 110 valence electrons. The van der Waals surface area contributed by atoms with Gasteiger partial charge < -0.3 is 9.80 Å². The third-order valence-corrected chi connectivity index (χ3v) is 4.06. The summed E-state index contributed by atoms with van der Waals surface area (Å²) in [5.74, 6) is 0. The highest BCUT2D eigenvalue weighted by molar-refractivity contribution is 5.21. The van der Waals surface area contributed by atoms with Gasteiger partial charge in [-0.1, -0.05) is 62.9 Å². The lowest BCUT2D eigenvalue weighted by atomic mass is 10.1. The average molecular weight is 272 g/mol. The Labute approximate surface area is 124 Å². The maximum Gasteiger partial charge on any atom is 0.127 e. The Kier molecular flexibility index (Phi) is 5.97. The molecule has 2 rings (SSSR count). The largest absolute Gasteiger partial charge is 0.353 e. The van der Waals surface area contributed by atoms with E-state index in [9.17, 15) is 0 Å². The highest BCUT2D eigenvalue weighted by Gasteiger charge is 2.25. The first kappa shape index (κ1) is 15.0. The van der Waals surface area contributed by atoms with Crippen molar-refractivity contribution in [1.29, 1.82) is 0 Å². The Morgan fingerprint density at radius 3 is 2.25 bits per heavy atom. The van der Waals surface area contributed by atoms with Crippen LogP contribution in [0.15, 0.2) is 42.7 Å². The van der Waals surface area contributed by atoms with Crippen LogP contribution in [0.4, 0.5) is 0 Å². The zero-order valence-corrected chi connectivity index (χ0v) is 13.0. The summed E-state index contributed by atoms with van der Waals surface area (Å²) in [4.78, 5) is 4.91. The Morgan fingerprint density at radius 1 is 0.850 bits per heavy atom. The third kappa shape index (κ3) is 3.78. The van der Waals surface area contributed by atoms with Crippen molar-refractivity contribution in [2.24, 2.45) is 0 Å². The molecule has 2 nitrogen and oxygen atoms in total. The van der Waals surface area contributed by atoms with E-state index in [4.69, 9.17) is 0 Å². The summed E-state index contributed by atoms with van der Waals surface area (Å²) in [6, 6.07) is 10.9. The fourth-order valence-electron chi connectivity index (χ4n) is 2.91. The number of hydrogen-bond acceptors (Lipinski definition) is 2. The molecule has 1 unspecified atom stereocenters. The molecule has 0 bridgehead atoms. The molecule has 0 amide bonds. The molecule has 1 atom stereocenters. The van der Waals surface area contributed by atoms with E-state index in [0.717, 1.165) is 13.1 Å². The van der Waals surface area contributed by atoms with Crippen molar-refractivity contribution >= 4 is 0 Å². The normalized spacial score (nSPS) is 18.0. The molecule has 0 spiro atoms. The van der Waals surface area contributed by atoms with E-state index in [1.165, 1.54) is 37.7 Å². The lowest BCUT2D eigenvalue weighted by Gasteiger charge is -2.32. The summed E-state index contributed by atoms with van der Waals surface area (Å²) in [5.41, 5.74) is 1.40. The third-order valence-electron chi connectivity index (χ3n) is 4.06. The zero-order valence-electron chi connectivity index (χ0n) is 13.0. The van der Waals surface area contributed by atoms with Crippen molar-refractivity contribution in [3.8, 4) is 0 Å². The molecule has 0 saturated heterocycles. The van der Waals surface area contributed by atoms with Gasteiger partial charge in [-0.15, -0.1) is 0 Å². The molecule has 0 fully saturated rings. The van der Waals surface area contributed by atoms with Gasteiger partial charge in [-0.3, -0.25) is 0 Å². The number of benzene rings is 1. The van der Waals surface area contributed by atoms with E-state index >= 15 is 0 Å². The van der Waals surface area contributed by atoms with Gasteiger partial charge in [-0.2, -0.15) is 0 Å². The second-order valence-electron chi connectivity index (χ2n) is 5.56. The number of rotatable bonds is 8. The predicted octanol–water partition coefficient (Wildman–Crippen LogP) is 4.76. The highest BCUT2D eigenvalue weighted by Crippen LogP contribution is 2.30. The van der Waals surface area contributed by atoms with Crippen LogP contribution in [0.25, 0.3) is 0 Å². The highest BCUT2D eigenvalue weighted by atomic mass is 15.4. The van der Waals surface area contributed by atoms with Crippen LogP contribution in [-0.4, -0.2) is 22.9 Å². The van der Waals surface area contributed by atoms with Gasteiger partial charge in [-0.05, 0) is 18.9 Å². The number of nitrogens with zero attached hydrogens (tertiary/aromatic N) is 2. The summed E-state index contributed by atoms with van der Waals surface area (Å²) < 4.78 is 0. The first-order valence-electron chi connectivity index (χ1n) is 8.11. The molecule has 1 aromatic carbocycles. The topological polar surface area (TPSA) is 6.48 Å². The number of hydrogen-bond donors (Lipinski definition) is 0. The molecule has 1 aliphatic rings. The summed E-state index contributed by atoms with van der Waals surface area (Å²) in [5, 5.41) is 0. The molecule has 1 aromatic rings. The summed E-state index contributed by atoms with van der Waals surface area (Å²) in [6.07, 6.45) is 11.6. The monoisotopic (exact) mass is 272 g/mol. The maximum atomic E-state index is 2.49. The first-order chi connectivity index (χ1) is 9.86. The maximum absolute atomic E-state index is 2.49. The van der Waals surface area contributed by atoms with Gasteiger partial charge >= 0.3 is 0 Å². The van der Waals surface area contributed by atoms with Crippen LogP contribution in [0.3, 0.4) is 0 Å². The first-order valence-corrected chi connectivity index (χ1v) is 8.11. The fourth-order valence-corrected chi connectivity index (χ4v) is 2.91. The van der Waals surface area contributed by atoms with Crippen LogP contribution >= 0.6 is 0 Å². The summed E-state index contributed by atoms with van der Waals surface area (Å²) >= 11 is 0. The van der Waals surface area contributed by atoms with Crippen LogP contribution in [0.5, 0.6) is 0 Å². The minimum atomic E-state index is 0.396. The zero-order chi connectivity index (χ0) is 14.2. The standard InChI is InChI=1S/C18H28N2/c1-3-5-6-7-11-14-20-16-15-19(4-2)18(20)17-12-9-8-10-13-17/h8-10,12-13,15-16,18H,3-7,11,14H2,1-2H3. The quantitative estimate of drug-likeness (QED) is 0.629. The molecule has 1 heterocycles. The molecule has 0 saturated carbocycles. The Bertz CT molecular complexity index is 399. The molecule has 1 aliphatic heterocycles. The van der Waals surface area contributed by atoms with Gasteiger partial charge in [0.25, 0.3) is 0 Å². The van der Waals surface area contributed by atoms with Crippen LogP contribution in [0, 0.1) is 0 Å². The second-order valence-corrected chi connectivity index (χ2v) is 5.56. The molecular formula is C18H28N2. The second kappa shape index (κ2) is 7.98. The summed E-state index contributed by atoms with van der Waals surface area (Å²) in [6.45, 7) is 6.72. The van der Waals surface area contributed by atoms with E-state index in [1.54, 1.807) is 0 Å². The van der Waals surface area contributed by atoms with Gasteiger partial charge in [-0.25, -0.2) is 0 Å². The predicted molar refractivity (Wildman–Crippen MR) is 86.2 cm³/mol. The van der Waals surface area contributed by atoms with Gasteiger partial charge in [0.15, 0.2) is 0 Å². The van der Waals surface area contributed by atoms with E-state index in [-0.39, 0.29) is 0 Å². The van der Waals surface area contributed by atoms with E-state index in [0.29, 0.717) is 6.17 Å². The minimum absolute atomic E-state index is 0.396. The van der Waals surface area contributed by atoms with Crippen molar-refractivity contribution in [3.63, 3.8) is 0 Å². The molecule has 20 heavy (non-hydrogen) atoms. The van der Waals surface area contributed by atoms with Gasteiger partial charge in [0.2, 0.25) is 0 Å². The van der Waals surface area contributed by atoms with Crippen LogP contribution in [-0.2, 0) is 0 Å². The van der Waals surface area contributed by atoms with Crippen molar-refractivity contribution in [2.75, 3.05) is 13.1 Å². The van der Waals surface area contributed by atoms with Gasteiger partial charge in [0, 0.05) is 25.5 Å². The van der Waals surface area contributed by atoms with E-state index < -0.39 is 0 Å². The van der Waals surface area contributed by atoms with E-state index in [2.05, 4.69) is 66.4 Å². The number of unbranched alkanes of at least 4 members (excludes halogenated alkanes) is 4. The van der Waals surface area contributed by atoms with E-state index in [1.807, 2.05) is 0 Å². The average Bonchev–Trinajstić information content (AvgIpc) is 2.91. The smallest absolute Gasteiger partial charge is 0.127 e. The Morgan fingerprint density at radius 2 is 1.55 bits per heavy atom. The minimum Gasteiger partial charge on any atom is -0.353 e. The molecule has 0 radical (unpaired) electrons. The Hall–Kier alpha value is -1.44. The van der Waals surface area contributed by atoms with Crippen LogP contribution in [0.1, 0.15) is 57.7 Å². The Balaban J connectivity index is 1.92. The lowest BCUT2D eigenvalue weighted by Crippen LogP contribution is -2.31. The van der Waals surface area contributed by atoms with Crippen LogP contribution in [0.2, 0.25) is 0 Å². The van der Waals surface area contributed by atoms with Crippen molar-refractivity contribution in [2.45, 2.75) is 52.1 Å². The van der Waals surface area contributed by atoms with Crippen molar-refractivity contribution in [1.82, 2.24) is 9.80 Å². The molecule has 2 heteroatoms. The van der Waals surface area contributed by atoms with Gasteiger partial charge in [0.1, 0.15) is 6.17 Å². The molecule has 0 aliphatic carbocycles.